The fourth-order valence-corrected chi connectivity index (χ4v) is 3.77. The monoisotopic (exact) mass is 513 g/mol. The van der Waals surface area contributed by atoms with Crippen molar-refractivity contribution < 1.29 is 24.2 Å². The minimum absolute atomic E-state index is 0.0223. The smallest absolute Gasteiger partial charge is 0.290 e. The number of benzene rings is 2. The Balaban J connectivity index is 0.00000115. The highest BCUT2D eigenvalue weighted by molar-refractivity contribution is 6.30. The molecule has 0 aliphatic carbocycles. The van der Waals surface area contributed by atoms with E-state index in [1.807, 2.05) is 50.5 Å². The Hall–Kier alpha value is -3.89. The van der Waals surface area contributed by atoms with E-state index in [0.717, 1.165) is 35.7 Å². The molecule has 0 radical (unpaired) electrons. The normalized spacial score (nSPS) is 12.7. The molecule has 2 heterocycles. The molecule has 10 nitrogen and oxygen atoms in total. The number of nitrogens with zero attached hydrogens (tertiary/aromatic N) is 4. The highest BCUT2D eigenvalue weighted by atomic mass is 35.5. The van der Waals surface area contributed by atoms with Crippen LogP contribution in [-0.4, -0.2) is 83.4 Å². The lowest BCUT2D eigenvalue weighted by molar-refractivity contribution is -0.123. The average molecular weight is 514 g/mol. The van der Waals surface area contributed by atoms with Crippen LogP contribution in [0.5, 0.6) is 5.75 Å². The number of hydrogen-bond donors (Lipinski definition) is 2. The van der Waals surface area contributed by atoms with Gasteiger partial charge in [0.05, 0.1) is 24.7 Å². The van der Waals surface area contributed by atoms with Crippen LogP contribution in [0.4, 0.5) is 0 Å². The highest BCUT2D eigenvalue weighted by Crippen LogP contribution is 2.28. The van der Waals surface area contributed by atoms with Crippen molar-refractivity contribution in [3.05, 3.63) is 65.3 Å². The van der Waals surface area contributed by atoms with Crippen molar-refractivity contribution in [1.29, 1.82) is 0 Å². The maximum atomic E-state index is 13.0. The van der Waals surface area contributed by atoms with E-state index in [-0.39, 0.29) is 37.2 Å². The Morgan fingerprint density at radius 2 is 1.97 bits per heavy atom. The van der Waals surface area contributed by atoms with Crippen molar-refractivity contribution in [3.8, 4) is 22.7 Å². The van der Waals surface area contributed by atoms with Gasteiger partial charge in [0.25, 0.3) is 12.4 Å². The molecule has 2 N–H and O–H groups in total. The van der Waals surface area contributed by atoms with E-state index >= 15 is 0 Å². The van der Waals surface area contributed by atoms with Crippen molar-refractivity contribution in [2.75, 3.05) is 40.5 Å². The van der Waals surface area contributed by atoms with Gasteiger partial charge in [0.1, 0.15) is 12.3 Å². The van der Waals surface area contributed by atoms with E-state index < -0.39 is 0 Å². The molecule has 0 spiro atoms. The fourth-order valence-electron chi connectivity index (χ4n) is 3.59. The molecule has 2 aromatic carbocycles. The number of ether oxygens (including phenoxy) is 1. The number of hydrogen-bond acceptors (Lipinski definition) is 6. The summed E-state index contributed by atoms with van der Waals surface area (Å²) in [7, 11) is 4.06. The Labute approximate surface area is 214 Å². The van der Waals surface area contributed by atoms with Gasteiger partial charge in [-0.2, -0.15) is 5.10 Å². The predicted octanol–water partition coefficient (Wildman–Crippen LogP) is 2.75. The second-order valence-electron chi connectivity index (χ2n) is 8.21. The molecule has 1 aromatic heterocycles. The van der Waals surface area contributed by atoms with Crippen LogP contribution >= 0.6 is 11.6 Å². The zero-order valence-corrected chi connectivity index (χ0v) is 20.8. The number of carbonyl (C=O) groups excluding carboxylic acids is 2. The Bertz CT molecular complexity index is 1210. The average Bonchev–Trinajstić information content (AvgIpc) is 3.49. The van der Waals surface area contributed by atoms with E-state index in [9.17, 15) is 9.59 Å². The van der Waals surface area contributed by atoms with Gasteiger partial charge >= 0.3 is 0 Å². The largest absolute Gasteiger partial charge is 0.494 e. The molecule has 0 atom stereocenters. The van der Waals surface area contributed by atoms with Gasteiger partial charge in [-0.05, 0) is 56.9 Å². The molecule has 2 amide bonds. The standard InChI is InChI=1S/C24H26ClN5O3.CH2O2/c1-28(2)10-5-11-33-20-9-3-6-17(12-20)22-14-21(24(32)29-15-23(31)26-16-29)27-30(22)19-8-4-7-18(25)13-19;2-1-3/h3-4,6-9,12-14H,5,10-11,15-16H2,1-2H3,(H,26,31);1H,(H,2,3). The van der Waals surface area contributed by atoms with Crippen molar-refractivity contribution in [2.45, 2.75) is 6.42 Å². The first-order valence-electron chi connectivity index (χ1n) is 11.2. The lowest BCUT2D eigenvalue weighted by atomic mass is 10.1. The second-order valence-corrected chi connectivity index (χ2v) is 8.64. The second kappa shape index (κ2) is 12.7. The van der Waals surface area contributed by atoms with Gasteiger partial charge in [0, 0.05) is 17.1 Å². The summed E-state index contributed by atoms with van der Waals surface area (Å²) in [6.07, 6.45) is 0.916. The summed E-state index contributed by atoms with van der Waals surface area (Å²) in [5.74, 6) is 0.246. The van der Waals surface area contributed by atoms with Gasteiger partial charge in [0.15, 0.2) is 5.69 Å². The molecule has 190 valence electrons. The highest BCUT2D eigenvalue weighted by Gasteiger charge is 2.27. The molecule has 36 heavy (non-hydrogen) atoms. The number of aromatic nitrogens is 2. The molecule has 3 aromatic rings. The van der Waals surface area contributed by atoms with Crippen LogP contribution in [-0.2, 0) is 9.59 Å². The SMILES string of the molecule is CN(C)CCCOc1cccc(-c2cc(C(=O)N3CNC(=O)C3)nn2-c2cccc(Cl)c2)c1.O=CO. The van der Waals surface area contributed by atoms with E-state index in [4.69, 9.17) is 26.2 Å². The Morgan fingerprint density at radius 1 is 1.22 bits per heavy atom. The van der Waals surface area contributed by atoms with Crippen LogP contribution in [0.15, 0.2) is 54.6 Å². The van der Waals surface area contributed by atoms with Crippen LogP contribution in [0.3, 0.4) is 0 Å². The molecule has 0 unspecified atom stereocenters. The van der Waals surface area contributed by atoms with E-state index in [0.29, 0.717) is 11.6 Å². The van der Waals surface area contributed by atoms with Crippen LogP contribution in [0.25, 0.3) is 16.9 Å². The van der Waals surface area contributed by atoms with Gasteiger partial charge in [-0.15, -0.1) is 0 Å². The molecule has 1 saturated heterocycles. The summed E-state index contributed by atoms with van der Waals surface area (Å²) < 4.78 is 7.62. The van der Waals surface area contributed by atoms with Crippen LogP contribution in [0.1, 0.15) is 16.9 Å². The first-order chi connectivity index (χ1) is 17.3. The van der Waals surface area contributed by atoms with Crippen LogP contribution in [0.2, 0.25) is 5.02 Å². The summed E-state index contributed by atoms with van der Waals surface area (Å²) in [6.45, 7) is 1.50. The molecule has 0 saturated carbocycles. The third-order valence-corrected chi connectivity index (χ3v) is 5.45. The molecule has 1 aliphatic rings. The van der Waals surface area contributed by atoms with Gasteiger partial charge in [-0.3, -0.25) is 14.4 Å². The zero-order chi connectivity index (χ0) is 26.1. The lowest BCUT2D eigenvalue weighted by Crippen LogP contribution is -2.30. The minimum atomic E-state index is -0.313. The first-order valence-corrected chi connectivity index (χ1v) is 11.6. The number of rotatable bonds is 8. The molecule has 11 heteroatoms. The molecular formula is C25H28ClN5O5. The molecular weight excluding hydrogens is 486 g/mol. The number of amides is 2. The van der Waals surface area contributed by atoms with Crippen molar-refractivity contribution in [2.24, 2.45) is 0 Å². The maximum Gasteiger partial charge on any atom is 0.290 e. The van der Waals surface area contributed by atoms with Gasteiger partial charge in [-0.1, -0.05) is 29.8 Å². The lowest BCUT2D eigenvalue weighted by Gasteiger charge is -2.12. The number of nitrogens with one attached hydrogen (secondary N) is 1. The molecule has 0 bridgehead atoms. The van der Waals surface area contributed by atoms with Gasteiger partial charge in [-0.25, -0.2) is 4.68 Å². The number of carbonyl (C=O) groups is 3. The van der Waals surface area contributed by atoms with Crippen molar-refractivity contribution in [3.63, 3.8) is 0 Å². The summed E-state index contributed by atoms with van der Waals surface area (Å²) in [5, 5.41) is 14.7. The van der Waals surface area contributed by atoms with E-state index in [1.165, 1.54) is 4.90 Å². The maximum absolute atomic E-state index is 13.0. The summed E-state index contributed by atoms with van der Waals surface area (Å²) in [5.41, 5.74) is 2.54. The van der Waals surface area contributed by atoms with Crippen molar-refractivity contribution in [1.82, 2.24) is 24.9 Å². The summed E-state index contributed by atoms with van der Waals surface area (Å²) >= 11 is 6.21. The van der Waals surface area contributed by atoms with Crippen molar-refractivity contribution >= 4 is 29.9 Å². The zero-order valence-electron chi connectivity index (χ0n) is 20.1. The predicted molar refractivity (Wildman–Crippen MR) is 135 cm³/mol. The van der Waals surface area contributed by atoms with Crippen LogP contribution in [0, 0.1) is 0 Å². The molecule has 1 aliphatic heterocycles. The summed E-state index contributed by atoms with van der Waals surface area (Å²) in [4.78, 5) is 36.5. The van der Waals surface area contributed by atoms with Crippen LogP contribution < -0.4 is 10.1 Å². The van der Waals surface area contributed by atoms with Gasteiger partial charge in [0.2, 0.25) is 5.91 Å². The summed E-state index contributed by atoms with van der Waals surface area (Å²) in [6, 6.07) is 16.7. The molecule has 1 fully saturated rings. The number of carboxylic acid groups (broad SMARTS) is 1. The number of halogens is 1. The molecule has 4 rings (SSSR count). The Kier molecular flexibility index (Phi) is 9.43. The third-order valence-electron chi connectivity index (χ3n) is 5.22. The quantitative estimate of drug-likeness (QED) is 0.351. The first kappa shape index (κ1) is 26.7. The third kappa shape index (κ3) is 7.06. The fraction of sp³-hybridized carbons (Fsp3) is 0.280. The minimum Gasteiger partial charge on any atom is -0.494 e. The topological polar surface area (TPSA) is 117 Å². The Morgan fingerprint density at radius 3 is 2.64 bits per heavy atom. The van der Waals surface area contributed by atoms with E-state index in [2.05, 4.69) is 15.3 Å². The van der Waals surface area contributed by atoms with E-state index in [1.54, 1.807) is 22.9 Å². The van der Waals surface area contributed by atoms with Gasteiger partial charge < -0.3 is 25.0 Å².